The van der Waals surface area contributed by atoms with Crippen LogP contribution in [0.1, 0.15) is 0 Å². The monoisotopic (exact) mass is 172 g/mol. The van der Waals surface area contributed by atoms with Gasteiger partial charge in [0.1, 0.15) is 5.15 Å². The Morgan fingerprint density at radius 2 is 2.20 bits per heavy atom. The minimum Gasteiger partial charge on any atom is -0.256 e. The first-order valence-corrected chi connectivity index (χ1v) is 3.18. The van der Waals surface area contributed by atoms with Crippen LogP contribution in [0.4, 0.5) is 5.69 Å². The lowest BCUT2D eigenvalue weighted by molar-refractivity contribution is 1.34. The zero-order chi connectivity index (χ0) is 7.56. The van der Waals surface area contributed by atoms with Crippen molar-refractivity contribution in [1.82, 2.24) is 4.98 Å². The highest BCUT2D eigenvalue weighted by atomic mass is 35.5. The number of nitrogens with zero attached hydrogens (tertiary/aromatic N) is 2. The second kappa shape index (κ2) is 2.87. The van der Waals surface area contributed by atoms with Crippen molar-refractivity contribution >= 4 is 28.9 Å². The molecule has 0 aliphatic carbocycles. The van der Waals surface area contributed by atoms with Crippen LogP contribution >= 0.6 is 23.2 Å². The Morgan fingerprint density at radius 1 is 1.50 bits per heavy atom. The Balaban J connectivity index is 3.23. The second-order valence-corrected chi connectivity index (χ2v) is 2.36. The van der Waals surface area contributed by atoms with E-state index in [2.05, 4.69) is 9.83 Å². The molecule has 0 saturated heterocycles. The van der Waals surface area contributed by atoms with Crippen LogP contribution in [-0.4, -0.2) is 4.98 Å². The third-order valence-electron chi connectivity index (χ3n) is 0.921. The fourth-order valence-electron chi connectivity index (χ4n) is 0.483. The van der Waals surface area contributed by atoms with E-state index in [4.69, 9.17) is 29.8 Å². The molecule has 0 bridgehead atoms. The predicted octanol–water partition coefficient (Wildman–Crippen LogP) is 2.94. The summed E-state index contributed by atoms with van der Waals surface area (Å²) < 4.78 is 0. The number of rotatable bonds is 0. The van der Waals surface area contributed by atoms with Crippen LogP contribution < -0.4 is 0 Å². The SMILES string of the molecule is [C-]#[N+]c1cnc(Cl)cc1Cl. The molecule has 0 atom stereocenters. The number of aromatic nitrogens is 1. The Kier molecular flexibility index (Phi) is 2.10. The Morgan fingerprint density at radius 3 is 2.70 bits per heavy atom. The molecule has 0 saturated carbocycles. The van der Waals surface area contributed by atoms with Gasteiger partial charge in [-0.3, -0.25) is 4.98 Å². The minimum absolute atomic E-state index is 0.303. The van der Waals surface area contributed by atoms with Gasteiger partial charge in [0.25, 0.3) is 0 Å². The lowest BCUT2D eigenvalue weighted by Gasteiger charge is -1.92. The molecule has 0 N–H and O–H groups in total. The third kappa shape index (κ3) is 1.38. The average molecular weight is 173 g/mol. The number of halogens is 2. The zero-order valence-corrected chi connectivity index (χ0v) is 6.32. The van der Waals surface area contributed by atoms with Crippen molar-refractivity contribution < 1.29 is 0 Å². The van der Waals surface area contributed by atoms with Crippen LogP contribution in [-0.2, 0) is 0 Å². The summed E-state index contributed by atoms with van der Waals surface area (Å²) in [7, 11) is 0. The molecule has 1 aromatic heterocycles. The van der Waals surface area contributed by atoms with E-state index in [0.29, 0.717) is 15.9 Å². The van der Waals surface area contributed by atoms with Crippen molar-refractivity contribution in [2.75, 3.05) is 0 Å². The smallest absolute Gasteiger partial charge is 0.223 e. The van der Waals surface area contributed by atoms with Gasteiger partial charge in [-0.05, 0) is 6.07 Å². The van der Waals surface area contributed by atoms with Gasteiger partial charge in [-0.1, -0.05) is 23.2 Å². The third-order valence-corrected chi connectivity index (χ3v) is 1.43. The highest BCUT2D eigenvalue weighted by Crippen LogP contribution is 2.25. The van der Waals surface area contributed by atoms with Gasteiger partial charge in [-0.25, -0.2) is 4.85 Å². The quantitative estimate of drug-likeness (QED) is 0.435. The first kappa shape index (κ1) is 7.33. The van der Waals surface area contributed by atoms with Crippen LogP contribution in [0.3, 0.4) is 0 Å². The second-order valence-electron chi connectivity index (χ2n) is 1.57. The molecule has 4 heteroatoms. The fourth-order valence-corrected chi connectivity index (χ4v) is 0.891. The van der Waals surface area contributed by atoms with E-state index >= 15 is 0 Å². The van der Waals surface area contributed by atoms with Gasteiger partial charge in [0, 0.05) is 6.20 Å². The van der Waals surface area contributed by atoms with E-state index in [-0.39, 0.29) is 0 Å². The van der Waals surface area contributed by atoms with Crippen LogP contribution in [0.25, 0.3) is 4.85 Å². The largest absolute Gasteiger partial charge is 0.256 e. The summed E-state index contributed by atoms with van der Waals surface area (Å²) in [4.78, 5) is 6.79. The molecular formula is C6H2Cl2N2. The fraction of sp³-hybridized carbons (Fsp3) is 0. The molecular weight excluding hydrogens is 171 g/mol. The molecule has 1 rings (SSSR count). The first-order chi connectivity index (χ1) is 4.74. The molecule has 10 heavy (non-hydrogen) atoms. The lowest BCUT2D eigenvalue weighted by Crippen LogP contribution is -1.72. The molecule has 1 heterocycles. The summed E-state index contributed by atoms with van der Waals surface area (Å²) in [6, 6.07) is 1.44. The van der Waals surface area contributed by atoms with Gasteiger partial charge < -0.3 is 0 Å². The maximum atomic E-state index is 6.61. The zero-order valence-electron chi connectivity index (χ0n) is 4.81. The van der Waals surface area contributed by atoms with Gasteiger partial charge >= 0.3 is 0 Å². The maximum absolute atomic E-state index is 6.61. The molecule has 0 spiro atoms. The first-order valence-electron chi connectivity index (χ1n) is 2.42. The van der Waals surface area contributed by atoms with Crippen molar-refractivity contribution in [2.45, 2.75) is 0 Å². The standard InChI is InChI=1S/C6H2Cl2N2/c1-9-5-3-10-6(8)2-4(5)7/h2-3H. The minimum atomic E-state index is 0.303. The van der Waals surface area contributed by atoms with Crippen molar-refractivity contribution in [1.29, 1.82) is 0 Å². The molecule has 2 nitrogen and oxygen atoms in total. The van der Waals surface area contributed by atoms with Crippen molar-refractivity contribution in [2.24, 2.45) is 0 Å². The van der Waals surface area contributed by atoms with E-state index in [0.717, 1.165) is 0 Å². The molecule has 0 unspecified atom stereocenters. The maximum Gasteiger partial charge on any atom is 0.223 e. The molecule has 0 aliphatic rings. The summed E-state index contributed by atoms with van der Waals surface area (Å²) in [6.07, 6.45) is 1.34. The summed E-state index contributed by atoms with van der Waals surface area (Å²) in [5.74, 6) is 0. The lowest BCUT2D eigenvalue weighted by atomic mass is 10.4. The van der Waals surface area contributed by atoms with Crippen molar-refractivity contribution in [3.05, 3.63) is 33.9 Å². The molecule has 50 valence electrons. The predicted molar refractivity (Wildman–Crippen MR) is 40.5 cm³/mol. The van der Waals surface area contributed by atoms with Crippen molar-refractivity contribution in [3.8, 4) is 0 Å². The topological polar surface area (TPSA) is 17.2 Å². The van der Waals surface area contributed by atoms with Crippen molar-refractivity contribution in [3.63, 3.8) is 0 Å². The normalized spacial score (nSPS) is 8.90. The van der Waals surface area contributed by atoms with E-state index in [1.54, 1.807) is 0 Å². The average Bonchev–Trinajstić information content (AvgIpc) is 1.88. The number of pyridine rings is 1. The number of hydrogen-bond donors (Lipinski definition) is 0. The Labute approximate surface area is 68.2 Å². The van der Waals surface area contributed by atoms with E-state index in [9.17, 15) is 0 Å². The summed E-state index contributed by atoms with van der Waals surface area (Å²) in [5.41, 5.74) is 0.325. The molecule has 0 fully saturated rings. The Hall–Kier alpha value is -0.780. The molecule has 0 radical (unpaired) electrons. The van der Waals surface area contributed by atoms with Gasteiger partial charge in [-0.2, -0.15) is 0 Å². The summed E-state index contributed by atoms with van der Waals surface area (Å²) >= 11 is 11.1. The van der Waals surface area contributed by atoms with Crippen LogP contribution in [0.15, 0.2) is 12.3 Å². The Bertz CT molecular complexity index is 290. The van der Waals surface area contributed by atoms with Gasteiger partial charge in [0.05, 0.1) is 11.6 Å². The molecule has 0 amide bonds. The van der Waals surface area contributed by atoms with Gasteiger partial charge in [0.15, 0.2) is 0 Å². The van der Waals surface area contributed by atoms with Gasteiger partial charge in [0.2, 0.25) is 5.69 Å². The highest BCUT2D eigenvalue weighted by Gasteiger charge is 1.99. The van der Waals surface area contributed by atoms with E-state index in [1.165, 1.54) is 12.3 Å². The van der Waals surface area contributed by atoms with E-state index < -0.39 is 0 Å². The summed E-state index contributed by atoms with van der Waals surface area (Å²) in [6.45, 7) is 6.61. The molecule has 0 aromatic carbocycles. The summed E-state index contributed by atoms with van der Waals surface area (Å²) in [5, 5.41) is 0.646. The van der Waals surface area contributed by atoms with Crippen LogP contribution in [0.2, 0.25) is 10.2 Å². The van der Waals surface area contributed by atoms with E-state index in [1.807, 2.05) is 0 Å². The highest BCUT2D eigenvalue weighted by molar-refractivity contribution is 6.35. The number of hydrogen-bond acceptors (Lipinski definition) is 1. The molecule has 1 aromatic rings. The van der Waals surface area contributed by atoms with Crippen LogP contribution in [0.5, 0.6) is 0 Å². The van der Waals surface area contributed by atoms with Gasteiger partial charge in [-0.15, -0.1) is 0 Å². The van der Waals surface area contributed by atoms with Crippen LogP contribution in [0, 0.1) is 6.57 Å². The molecule has 0 aliphatic heterocycles.